The van der Waals surface area contributed by atoms with E-state index in [1.165, 1.54) is 12.8 Å². The number of primary amides is 1. The Balaban J connectivity index is 0.801. The molecule has 16 nitrogen and oxygen atoms in total. The number of ether oxygens (including phenoxy) is 1. The molecule has 0 saturated carbocycles. The van der Waals surface area contributed by atoms with Crippen molar-refractivity contribution in [3.63, 3.8) is 0 Å². The maximum Gasteiger partial charge on any atom is 0.328 e. The molecule has 3 fully saturated rings. The first-order chi connectivity index (χ1) is 30.1. The van der Waals surface area contributed by atoms with Crippen LogP contribution >= 0.6 is 0 Å². The van der Waals surface area contributed by atoms with Crippen molar-refractivity contribution in [2.24, 2.45) is 11.7 Å². The molecule has 16 heteroatoms. The number of benzene rings is 3. The van der Waals surface area contributed by atoms with Crippen LogP contribution < -0.4 is 41.1 Å². The summed E-state index contributed by atoms with van der Waals surface area (Å²) in [6, 6.07) is 24.6. The number of urea groups is 1. The average molecular weight is 838 g/mol. The van der Waals surface area contributed by atoms with E-state index >= 15 is 0 Å². The summed E-state index contributed by atoms with van der Waals surface area (Å²) in [6.45, 7) is 9.80. The number of carbonyl (C=O) groups is 4. The van der Waals surface area contributed by atoms with Crippen LogP contribution in [0.25, 0.3) is 11.3 Å². The molecule has 0 unspecified atom stereocenters. The number of nitrogens with zero attached hydrogens (tertiary/aromatic N) is 7. The average Bonchev–Trinajstić information content (AvgIpc) is 3.54. The van der Waals surface area contributed by atoms with E-state index in [9.17, 15) is 19.2 Å². The molecule has 0 spiro atoms. The smallest absolute Gasteiger partial charge is 0.328 e. The van der Waals surface area contributed by atoms with Gasteiger partial charge in [0.05, 0.1) is 7.11 Å². The number of nitrogens with two attached hydrogens (primary N) is 1. The molecule has 3 saturated heterocycles. The fourth-order valence-electron chi connectivity index (χ4n) is 9.04. The third kappa shape index (κ3) is 8.37. The SMILES string of the molecule is COc1cc(C(=O)Nc2cccc(C)n2)ccc1-c1nn2c(c1C(N)=O)Nc1ccc(N3CCN(CC4CCN(c5ccc(N6CCC(=O)NC6=O)cc5)CC4)CC3)cc1CC2. The van der Waals surface area contributed by atoms with Crippen LogP contribution in [0.4, 0.5) is 39.2 Å². The second kappa shape index (κ2) is 17.2. The van der Waals surface area contributed by atoms with E-state index < -0.39 is 5.91 Å². The van der Waals surface area contributed by atoms with Crippen molar-refractivity contribution in [2.45, 2.75) is 39.2 Å². The van der Waals surface area contributed by atoms with E-state index in [0.29, 0.717) is 66.1 Å². The van der Waals surface area contributed by atoms with Crippen molar-refractivity contribution in [3.05, 3.63) is 101 Å². The highest BCUT2D eigenvalue weighted by molar-refractivity contribution is 6.07. The van der Waals surface area contributed by atoms with Gasteiger partial charge in [-0.2, -0.15) is 5.10 Å². The van der Waals surface area contributed by atoms with Crippen LogP contribution in [0.1, 0.15) is 51.2 Å². The maximum atomic E-state index is 13.1. The van der Waals surface area contributed by atoms with Gasteiger partial charge in [-0.25, -0.2) is 14.5 Å². The molecule has 4 aliphatic rings. The number of piperazine rings is 1. The number of aryl methyl sites for hydroxylation is 3. The quantitative estimate of drug-likeness (QED) is 0.141. The number of fused-ring (bicyclic) bond motifs is 2. The molecule has 5 amide bonds. The molecule has 0 radical (unpaired) electrons. The number of imide groups is 1. The van der Waals surface area contributed by atoms with E-state index in [1.54, 1.807) is 33.8 Å². The standard InChI is InChI=1S/C46H51N11O5/c1-29-4-3-5-39(48-29)50-45(60)32-6-12-36(38(27-32)62-2)42-41(43(47)59)44-49-37-13-11-35(26-31(37)16-21-57(44)52-42)55-24-22-53(23-25-55)28-30-14-18-54(19-15-30)33-7-9-34(10-8-33)56-20-17-40(58)51-46(56)61/h3-13,26-27,30,49H,14-25,28H2,1-2H3,(H2,47,59)(H,48,50,60)(H,51,58,61). The summed E-state index contributed by atoms with van der Waals surface area (Å²) in [4.78, 5) is 63.5. The van der Waals surface area contributed by atoms with Crippen molar-refractivity contribution >= 4 is 58.1 Å². The van der Waals surface area contributed by atoms with Crippen molar-refractivity contribution < 1.29 is 23.9 Å². The number of amides is 5. The van der Waals surface area contributed by atoms with Gasteiger partial charge in [0.15, 0.2) is 0 Å². The Bertz CT molecular complexity index is 2520. The Kier molecular flexibility index (Phi) is 11.2. The lowest BCUT2D eigenvalue weighted by atomic mass is 9.95. The molecule has 4 aliphatic heterocycles. The van der Waals surface area contributed by atoms with Crippen LogP contribution in [0, 0.1) is 12.8 Å². The van der Waals surface area contributed by atoms with Gasteiger partial charge in [0, 0.05) is 105 Å². The second-order valence-corrected chi connectivity index (χ2v) is 16.4. The Labute approximate surface area is 360 Å². The summed E-state index contributed by atoms with van der Waals surface area (Å²) >= 11 is 0. The van der Waals surface area contributed by atoms with Gasteiger partial charge in [-0.05, 0) is 110 Å². The summed E-state index contributed by atoms with van der Waals surface area (Å²) in [6.07, 6.45) is 3.29. The third-order valence-electron chi connectivity index (χ3n) is 12.4. The zero-order valence-electron chi connectivity index (χ0n) is 35.0. The van der Waals surface area contributed by atoms with Gasteiger partial charge in [0.1, 0.15) is 28.6 Å². The first kappa shape index (κ1) is 40.5. The van der Waals surface area contributed by atoms with Gasteiger partial charge in [0.25, 0.3) is 11.8 Å². The zero-order valence-corrected chi connectivity index (χ0v) is 35.0. The predicted molar refractivity (Wildman–Crippen MR) is 239 cm³/mol. The topological polar surface area (TPSA) is 183 Å². The molecule has 3 aromatic carbocycles. The third-order valence-corrected chi connectivity index (χ3v) is 12.4. The Morgan fingerprint density at radius 2 is 1.56 bits per heavy atom. The molecule has 2 aromatic heterocycles. The molecule has 320 valence electrons. The summed E-state index contributed by atoms with van der Waals surface area (Å²) in [5.74, 6) is 0.809. The lowest BCUT2D eigenvalue weighted by Crippen LogP contribution is -2.49. The highest BCUT2D eigenvalue weighted by Gasteiger charge is 2.30. The normalized spacial score (nSPS) is 17.1. The van der Waals surface area contributed by atoms with E-state index in [4.69, 9.17) is 15.6 Å². The number of piperidine rings is 1. The van der Waals surface area contributed by atoms with Crippen LogP contribution in [0.15, 0.2) is 78.9 Å². The van der Waals surface area contributed by atoms with E-state index in [2.05, 4.69) is 66.0 Å². The summed E-state index contributed by atoms with van der Waals surface area (Å²) in [5, 5.41) is 13.6. The van der Waals surface area contributed by atoms with Crippen LogP contribution in [0.2, 0.25) is 0 Å². The molecule has 5 N–H and O–H groups in total. The second-order valence-electron chi connectivity index (χ2n) is 16.4. The molecule has 0 aliphatic carbocycles. The van der Waals surface area contributed by atoms with Gasteiger partial charge in [-0.15, -0.1) is 0 Å². The van der Waals surface area contributed by atoms with E-state index in [0.717, 1.165) is 87.0 Å². The minimum Gasteiger partial charge on any atom is -0.496 e. The molecule has 5 aromatic rings. The largest absolute Gasteiger partial charge is 0.496 e. The van der Waals surface area contributed by atoms with Gasteiger partial charge in [-0.1, -0.05) is 6.07 Å². The number of rotatable bonds is 10. The van der Waals surface area contributed by atoms with Crippen molar-refractivity contribution in [1.82, 2.24) is 25.0 Å². The monoisotopic (exact) mass is 837 g/mol. The number of anilines is 6. The van der Waals surface area contributed by atoms with Gasteiger partial charge >= 0.3 is 6.03 Å². The van der Waals surface area contributed by atoms with Gasteiger partial charge in [0.2, 0.25) is 5.91 Å². The minimum absolute atomic E-state index is 0.227. The number of nitrogens with one attached hydrogen (secondary N) is 3. The summed E-state index contributed by atoms with van der Waals surface area (Å²) < 4.78 is 7.51. The minimum atomic E-state index is -0.622. The first-order valence-corrected chi connectivity index (χ1v) is 21.3. The van der Waals surface area contributed by atoms with Crippen molar-refractivity contribution in [2.75, 3.05) is 84.8 Å². The fraction of sp³-hybridized carbons (Fsp3) is 0.348. The highest BCUT2D eigenvalue weighted by atomic mass is 16.5. The van der Waals surface area contributed by atoms with Gasteiger partial charge in [-0.3, -0.25) is 29.5 Å². The number of hydrogen-bond acceptors (Lipinski definition) is 11. The zero-order chi connectivity index (χ0) is 42.9. The van der Waals surface area contributed by atoms with E-state index in [1.807, 2.05) is 31.2 Å². The lowest BCUT2D eigenvalue weighted by Gasteiger charge is -2.40. The van der Waals surface area contributed by atoms with E-state index in [-0.39, 0.29) is 23.4 Å². The van der Waals surface area contributed by atoms with Gasteiger partial charge < -0.3 is 30.9 Å². The molecule has 9 rings (SSSR count). The fourth-order valence-corrected chi connectivity index (χ4v) is 9.04. The predicted octanol–water partition coefficient (Wildman–Crippen LogP) is 5.40. The van der Waals surface area contributed by atoms with Crippen molar-refractivity contribution in [1.29, 1.82) is 0 Å². The lowest BCUT2D eigenvalue weighted by molar-refractivity contribution is -0.120. The molecular weight excluding hydrogens is 787 g/mol. The number of aromatic nitrogens is 3. The molecule has 0 atom stereocenters. The van der Waals surface area contributed by atoms with Crippen LogP contribution in [-0.2, 0) is 17.8 Å². The molecular formula is C46H51N11O5. The summed E-state index contributed by atoms with van der Waals surface area (Å²) in [5.41, 5.74) is 13.6. The first-order valence-electron chi connectivity index (χ1n) is 21.3. The number of methoxy groups -OCH3 is 1. The van der Waals surface area contributed by atoms with Crippen LogP contribution in [0.5, 0.6) is 5.75 Å². The molecule has 62 heavy (non-hydrogen) atoms. The summed E-state index contributed by atoms with van der Waals surface area (Å²) in [7, 11) is 1.51. The number of carbonyl (C=O) groups excluding carboxylic acids is 4. The maximum absolute atomic E-state index is 13.1. The molecule has 6 heterocycles. The Morgan fingerprint density at radius 3 is 2.29 bits per heavy atom. The number of pyridine rings is 1. The Morgan fingerprint density at radius 1 is 0.823 bits per heavy atom. The Hall–Kier alpha value is -6.94. The van der Waals surface area contributed by atoms with Crippen molar-refractivity contribution in [3.8, 4) is 17.0 Å². The number of hydrogen-bond donors (Lipinski definition) is 4. The van der Waals surface area contributed by atoms with Crippen LogP contribution in [-0.4, -0.2) is 103 Å². The highest BCUT2D eigenvalue weighted by Crippen LogP contribution is 2.39. The van der Waals surface area contributed by atoms with Crippen LogP contribution in [0.3, 0.4) is 0 Å². The molecule has 0 bridgehead atoms.